The van der Waals surface area contributed by atoms with Crippen molar-refractivity contribution in [1.82, 2.24) is 10.2 Å². The average Bonchev–Trinajstić information content (AvgIpc) is 3.52. The van der Waals surface area contributed by atoms with Crippen LogP contribution < -0.4 is 5.32 Å². The van der Waals surface area contributed by atoms with Crippen molar-refractivity contribution >= 4 is 23.4 Å². The molecule has 1 N–H and O–H groups in total. The largest absolute Gasteiger partial charge is 0.351 e. The van der Waals surface area contributed by atoms with E-state index in [2.05, 4.69) is 17.1 Å². The number of hydrogen-bond donors (Lipinski definition) is 1. The van der Waals surface area contributed by atoms with Gasteiger partial charge in [-0.2, -0.15) is 0 Å². The van der Waals surface area contributed by atoms with Crippen LogP contribution in [0, 0.1) is 15.9 Å². The van der Waals surface area contributed by atoms with E-state index in [0.717, 1.165) is 24.9 Å². The summed E-state index contributed by atoms with van der Waals surface area (Å²) in [5, 5.41) is 14.0. The van der Waals surface area contributed by atoms with Gasteiger partial charge in [0.05, 0.1) is 10.5 Å². The summed E-state index contributed by atoms with van der Waals surface area (Å²) in [5.41, 5.74) is 0.00752. The number of hydrogen-bond acceptors (Lipinski definition) is 5. The summed E-state index contributed by atoms with van der Waals surface area (Å²) in [6, 6.07) is 10.9. The molecule has 148 valence electrons. The van der Waals surface area contributed by atoms with Crippen LogP contribution in [0.15, 0.2) is 52.3 Å². The number of carbonyl (C=O) groups excluding carboxylic acids is 1. The number of likely N-dealkylation sites (N-methyl/N-ethyl adjacent to an activating group) is 1. The monoisotopic (exact) mass is 403 g/mol. The standard InChI is InChI=1S/C20H22FN3O3S/c1-2-23(14-7-8-14)12-11-22-20(25)16-13-15(24(26)27)9-10-18(16)28-19-6-4-3-5-17(19)21/h3-6,9-10,13-14H,2,7-8,11-12H2,1H3,(H,22,25). The van der Waals surface area contributed by atoms with Crippen molar-refractivity contribution in [1.29, 1.82) is 0 Å². The highest BCUT2D eigenvalue weighted by Gasteiger charge is 2.27. The first-order chi connectivity index (χ1) is 13.5. The van der Waals surface area contributed by atoms with E-state index in [-0.39, 0.29) is 11.3 Å². The molecule has 1 saturated carbocycles. The lowest BCUT2D eigenvalue weighted by molar-refractivity contribution is -0.384. The van der Waals surface area contributed by atoms with Gasteiger partial charge in [-0.05, 0) is 37.6 Å². The number of nitrogens with zero attached hydrogens (tertiary/aromatic N) is 2. The van der Waals surface area contributed by atoms with Crippen molar-refractivity contribution < 1.29 is 14.1 Å². The third-order valence-electron chi connectivity index (χ3n) is 4.63. The van der Waals surface area contributed by atoms with Gasteiger partial charge in [0.25, 0.3) is 11.6 Å². The highest BCUT2D eigenvalue weighted by atomic mass is 32.2. The number of nitro groups is 1. The topological polar surface area (TPSA) is 75.5 Å². The third kappa shape index (κ3) is 5.08. The molecule has 0 aromatic heterocycles. The molecule has 0 saturated heterocycles. The first-order valence-electron chi connectivity index (χ1n) is 9.22. The number of carbonyl (C=O) groups is 1. The first-order valence-corrected chi connectivity index (χ1v) is 10.0. The molecule has 1 fully saturated rings. The second-order valence-electron chi connectivity index (χ2n) is 6.59. The number of rotatable bonds is 9. The molecule has 0 spiro atoms. The van der Waals surface area contributed by atoms with Crippen LogP contribution in [-0.4, -0.2) is 41.4 Å². The van der Waals surface area contributed by atoms with Crippen molar-refractivity contribution in [2.45, 2.75) is 35.6 Å². The summed E-state index contributed by atoms with van der Waals surface area (Å²) in [7, 11) is 0. The predicted octanol–water partition coefficient (Wildman–Crippen LogP) is 4.10. The Morgan fingerprint density at radius 1 is 1.29 bits per heavy atom. The lowest BCUT2D eigenvalue weighted by Crippen LogP contribution is -2.36. The fourth-order valence-corrected chi connectivity index (χ4v) is 3.94. The van der Waals surface area contributed by atoms with Crippen LogP contribution in [0.4, 0.5) is 10.1 Å². The van der Waals surface area contributed by atoms with Crippen LogP contribution in [0.25, 0.3) is 0 Å². The summed E-state index contributed by atoms with van der Waals surface area (Å²) < 4.78 is 14.0. The molecule has 0 unspecified atom stereocenters. The minimum Gasteiger partial charge on any atom is -0.351 e. The van der Waals surface area contributed by atoms with Crippen molar-refractivity contribution in [3.8, 4) is 0 Å². The number of nitro benzene ring substituents is 1. The quantitative estimate of drug-likeness (QED) is 0.504. The molecule has 0 heterocycles. The zero-order valence-corrected chi connectivity index (χ0v) is 16.4. The van der Waals surface area contributed by atoms with Crippen LogP contribution in [0.3, 0.4) is 0 Å². The Kier molecular flexibility index (Phi) is 6.64. The van der Waals surface area contributed by atoms with Gasteiger partial charge in [-0.3, -0.25) is 19.8 Å². The van der Waals surface area contributed by atoms with Crippen LogP contribution in [0.5, 0.6) is 0 Å². The minimum atomic E-state index is -0.541. The van der Waals surface area contributed by atoms with Crippen molar-refractivity contribution in [2.24, 2.45) is 0 Å². The molecule has 6 nitrogen and oxygen atoms in total. The highest BCUT2D eigenvalue weighted by Crippen LogP contribution is 2.34. The van der Waals surface area contributed by atoms with Crippen molar-refractivity contribution in [3.63, 3.8) is 0 Å². The van der Waals surface area contributed by atoms with E-state index in [1.54, 1.807) is 18.2 Å². The maximum absolute atomic E-state index is 14.0. The van der Waals surface area contributed by atoms with Crippen LogP contribution >= 0.6 is 11.8 Å². The number of nitrogens with one attached hydrogen (secondary N) is 1. The molecule has 2 aromatic carbocycles. The lowest BCUT2D eigenvalue weighted by atomic mass is 10.2. The van der Waals surface area contributed by atoms with Crippen molar-refractivity contribution in [2.75, 3.05) is 19.6 Å². The van der Waals surface area contributed by atoms with Crippen LogP contribution in [-0.2, 0) is 0 Å². The molecule has 0 aliphatic heterocycles. The summed E-state index contributed by atoms with van der Waals surface area (Å²) in [6.07, 6.45) is 2.38. The van der Waals surface area contributed by atoms with E-state index < -0.39 is 16.6 Å². The first kappa shape index (κ1) is 20.3. The third-order valence-corrected chi connectivity index (χ3v) is 5.76. The van der Waals surface area contributed by atoms with E-state index >= 15 is 0 Å². The molecule has 0 radical (unpaired) electrons. The van der Waals surface area contributed by atoms with Gasteiger partial charge in [-0.1, -0.05) is 30.8 Å². The Labute approximate surface area is 167 Å². The molecule has 0 bridgehead atoms. The van der Waals surface area contributed by atoms with E-state index in [0.29, 0.717) is 22.4 Å². The smallest absolute Gasteiger partial charge is 0.270 e. The Hall–Kier alpha value is -2.45. The molecule has 2 aromatic rings. The van der Waals surface area contributed by atoms with Gasteiger partial charge in [-0.25, -0.2) is 4.39 Å². The zero-order chi connectivity index (χ0) is 20.1. The Morgan fingerprint density at radius 2 is 2.04 bits per heavy atom. The van der Waals surface area contributed by atoms with Gasteiger partial charge in [0.15, 0.2) is 0 Å². The zero-order valence-electron chi connectivity index (χ0n) is 15.6. The second-order valence-corrected chi connectivity index (χ2v) is 7.67. The molecular weight excluding hydrogens is 381 g/mol. The minimum absolute atomic E-state index is 0.170. The number of halogens is 1. The predicted molar refractivity (Wildman–Crippen MR) is 106 cm³/mol. The molecule has 28 heavy (non-hydrogen) atoms. The normalized spacial score (nSPS) is 13.5. The van der Waals surface area contributed by atoms with Crippen LogP contribution in [0.1, 0.15) is 30.1 Å². The van der Waals surface area contributed by atoms with Gasteiger partial charge in [0, 0.05) is 41.1 Å². The summed E-state index contributed by atoms with van der Waals surface area (Å²) in [5.74, 6) is -0.797. The molecule has 1 aliphatic rings. The Morgan fingerprint density at radius 3 is 2.68 bits per heavy atom. The maximum atomic E-state index is 14.0. The average molecular weight is 403 g/mol. The fourth-order valence-electron chi connectivity index (χ4n) is 2.99. The number of amides is 1. The molecular formula is C20H22FN3O3S. The number of non-ortho nitro benzene ring substituents is 1. The molecule has 1 amide bonds. The SMILES string of the molecule is CCN(CCNC(=O)c1cc([N+](=O)[O-])ccc1Sc1ccccc1F)C1CC1. The van der Waals surface area contributed by atoms with Gasteiger partial charge < -0.3 is 5.32 Å². The van der Waals surface area contributed by atoms with E-state index in [1.165, 1.54) is 37.1 Å². The molecule has 1 aliphatic carbocycles. The summed E-state index contributed by atoms with van der Waals surface area (Å²) in [6.45, 7) is 4.20. The molecule has 8 heteroatoms. The molecule has 0 atom stereocenters. The van der Waals surface area contributed by atoms with Crippen molar-refractivity contribution in [3.05, 3.63) is 64.0 Å². The van der Waals surface area contributed by atoms with E-state index in [9.17, 15) is 19.3 Å². The van der Waals surface area contributed by atoms with Gasteiger partial charge in [0.2, 0.25) is 0 Å². The van der Waals surface area contributed by atoms with Gasteiger partial charge in [0.1, 0.15) is 5.82 Å². The van der Waals surface area contributed by atoms with Gasteiger partial charge in [-0.15, -0.1) is 0 Å². The van der Waals surface area contributed by atoms with Gasteiger partial charge >= 0.3 is 0 Å². The second kappa shape index (κ2) is 9.16. The van der Waals surface area contributed by atoms with Crippen LogP contribution in [0.2, 0.25) is 0 Å². The summed E-state index contributed by atoms with van der Waals surface area (Å²) >= 11 is 1.08. The van der Waals surface area contributed by atoms with E-state index in [4.69, 9.17) is 0 Å². The fraction of sp³-hybridized carbons (Fsp3) is 0.350. The molecule has 3 rings (SSSR count). The maximum Gasteiger partial charge on any atom is 0.270 e. The van der Waals surface area contributed by atoms with E-state index in [1.807, 2.05) is 0 Å². The number of benzene rings is 2. The summed E-state index contributed by atoms with van der Waals surface area (Å²) in [4.78, 5) is 26.4. The lowest BCUT2D eigenvalue weighted by Gasteiger charge is -2.20. The Bertz CT molecular complexity index is 874. The Balaban J connectivity index is 1.76. The highest BCUT2D eigenvalue weighted by molar-refractivity contribution is 7.99.